The van der Waals surface area contributed by atoms with Crippen molar-refractivity contribution in [2.45, 2.75) is 25.4 Å². The van der Waals surface area contributed by atoms with E-state index >= 15 is 0 Å². The molecule has 1 saturated heterocycles. The number of carbonyl (C=O) groups is 3. The average molecular weight is 393 g/mol. The number of benzene rings is 1. The summed E-state index contributed by atoms with van der Waals surface area (Å²) >= 11 is 5.93. The molecule has 2 aliphatic rings. The zero-order chi connectivity index (χ0) is 19.6. The number of aliphatic carboxylic acids is 1. The van der Waals surface area contributed by atoms with Gasteiger partial charge in [-0.05, 0) is 30.7 Å². The molecule has 0 radical (unpaired) electrons. The average Bonchev–Trinajstić information content (AvgIpc) is 3.06. The molecule has 0 aromatic heterocycles. The van der Waals surface area contributed by atoms with Crippen LogP contribution in [0.15, 0.2) is 36.0 Å². The summed E-state index contributed by atoms with van der Waals surface area (Å²) in [5.74, 6) is -1.58. The first-order valence-corrected chi connectivity index (χ1v) is 9.03. The summed E-state index contributed by atoms with van der Waals surface area (Å²) in [5, 5.41) is 13.6. The Kier molecular flexibility index (Phi) is 5.67. The number of carbonyl (C=O) groups excluding carboxylic acids is 2. The molecule has 0 spiro atoms. The van der Waals surface area contributed by atoms with E-state index in [9.17, 15) is 14.4 Å². The molecule has 3 N–H and O–H groups in total. The number of hydrazine groups is 1. The minimum Gasteiger partial charge on any atom is -0.481 e. The quantitative estimate of drug-likeness (QED) is 0.665. The summed E-state index contributed by atoms with van der Waals surface area (Å²) < 4.78 is 0. The summed E-state index contributed by atoms with van der Waals surface area (Å²) in [6, 6.07) is 7.24. The monoisotopic (exact) mass is 392 g/mol. The maximum absolute atomic E-state index is 12.8. The minimum absolute atomic E-state index is 0.0157. The van der Waals surface area contributed by atoms with E-state index in [2.05, 4.69) is 10.7 Å². The maximum atomic E-state index is 12.8. The number of halogens is 1. The Morgan fingerprint density at radius 2 is 2.04 bits per heavy atom. The van der Waals surface area contributed by atoms with Crippen LogP contribution in [0.3, 0.4) is 0 Å². The lowest BCUT2D eigenvalue weighted by Crippen LogP contribution is -2.57. The van der Waals surface area contributed by atoms with Gasteiger partial charge in [-0.3, -0.25) is 19.4 Å². The van der Waals surface area contributed by atoms with E-state index in [0.29, 0.717) is 17.3 Å². The predicted octanol–water partition coefficient (Wildman–Crippen LogP) is 0.907. The summed E-state index contributed by atoms with van der Waals surface area (Å²) in [4.78, 5) is 36.8. The van der Waals surface area contributed by atoms with Gasteiger partial charge in [0.05, 0.1) is 25.0 Å². The number of nitrogens with one attached hydrogen (secondary N) is 2. The number of carboxylic acids is 1. The number of carboxylic acid groups (broad SMARTS) is 1. The molecule has 9 heteroatoms. The number of piperazine rings is 1. The topological polar surface area (TPSA) is 102 Å². The lowest BCUT2D eigenvalue weighted by Gasteiger charge is -2.39. The van der Waals surface area contributed by atoms with E-state index in [0.717, 1.165) is 5.56 Å². The number of fused-ring (bicyclic) bond motifs is 1. The molecule has 0 saturated carbocycles. The second-order valence-corrected chi connectivity index (χ2v) is 7.05. The highest BCUT2D eigenvalue weighted by molar-refractivity contribution is 6.30. The van der Waals surface area contributed by atoms with E-state index in [4.69, 9.17) is 16.7 Å². The van der Waals surface area contributed by atoms with Gasteiger partial charge in [-0.25, -0.2) is 5.43 Å². The Bertz CT molecular complexity index is 780. The molecule has 0 aliphatic carbocycles. The number of rotatable bonds is 6. The van der Waals surface area contributed by atoms with E-state index < -0.39 is 5.97 Å². The third-order valence-electron chi connectivity index (χ3n) is 4.52. The molecule has 2 amide bonds. The normalized spacial score (nSPS) is 21.7. The zero-order valence-corrected chi connectivity index (χ0v) is 15.6. The van der Waals surface area contributed by atoms with Gasteiger partial charge >= 0.3 is 5.97 Å². The molecule has 2 heterocycles. The molecule has 1 aromatic carbocycles. The second-order valence-electron chi connectivity index (χ2n) is 6.61. The van der Waals surface area contributed by atoms with E-state index in [1.54, 1.807) is 12.1 Å². The minimum atomic E-state index is -0.982. The van der Waals surface area contributed by atoms with Gasteiger partial charge in [0.25, 0.3) is 5.91 Å². The molecule has 3 rings (SSSR count). The Balaban J connectivity index is 1.67. The van der Waals surface area contributed by atoms with Gasteiger partial charge in [-0.1, -0.05) is 23.7 Å². The molecular formula is C18H21ClN4O4. The fraction of sp³-hybridized carbons (Fsp3) is 0.389. The Morgan fingerprint density at radius 3 is 2.70 bits per heavy atom. The first-order chi connectivity index (χ1) is 12.8. The van der Waals surface area contributed by atoms with Crippen molar-refractivity contribution < 1.29 is 19.5 Å². The van der Waals surface area contributed by atoms with Crippen LogP contribution in [0.25, 0.3) is 0 Å². The van der Waals surface area contributed by atoms with Crippen molar-refractivity contribution in [1.82, 2.24) is 20.7 Å². The zero-order valence-electron chi connectivity index (χ0n) is 14.8. The fourth-order valence-corrected chi connectivity index (χ4v) is 3.32. The van der Waals surface area contributed by atoms with Gasteiger partial charge in [-0.15, -0.1) is 0 Å². The lowest BCUT2D eigenvalue weighted by atomic mass is 10.1. The predicted molar refractivity (Wildman–Crippen MR) is 98.6 cm³/mol. The summed E-state index contributed by atoms with van der Waals surface area (Å²) in [5.41, 5.74) is 4.81. The van der Waals surface area contributed by atoms with Crippen molar-refractivity contribution in [2.75, 3.05) is 19.6 Å². The highest BCUT2D eigenvalue weighted by atomic mass is 35.5. The third-order valence-corrected chi connectivity index (χ3v) is 4.77. The smallest absolute Gasteiger partial charge is 0.305 e. The van der Waals surface area contributed by atoms with Crippen LogP contribution in [-0.4, -0.2) is 58.5 Å². The highest BCUT2D eigenvalue weighted by Crippen LogP contribution is 2.30. The number of hydrogen-bond acceptors (Lipinski definition) is 5. The molecule has 2 unspecified atom stereocenters. The Hall–Kier alpha value is -2.58. The number of hydrogen-bond donors (Lipinski definition) is 3. The van der Waals surface area contributed by atoms with Gasteiger partial charge in [-0.2, -0.15) is 0 Å². The second kappa shape index (κ2) is 7.98. The van der Waals surface area contributed by atoms with Gasteiger partial charge in [0.15, 0.2) is 0 Å². The van der Waals surface area contributed by atoms with E-state index in [-0.39, 0.29) is 43.4 Å². The van der Waals surface area contributed by atoms with E-state index in [1.165, 1.54) is 4.90 Å². The highest BCUT2D eigenvalue weighted by Gasteiger charge is 2.39. The van der Waals surface area contributed by atoms with Crippen LogP contribution in [0.2, 0.25) is 5.02 Å². The van der Waals surface area contributed by atoms with Crippen LogP contribution in [0.1, 0.15) is 24.9 Å². The van der Waals surface area contributed by atoms with Gasteiger partial charge in [0.2, 0.25) is 5.91 Å². The standard InChI is InChI=1S/C18H21ClN4O4/c1-11-9-22(10-16(24)20-7-6-17(25)26)18(27)15-8-14(21-23(11)15)12-2-4-13(19)5-3-12/h2-5,8,11,14,21H,6-7,9-10H2,1H3,(H,20,24)(H,25,26). The summed E-state index contributed by atoms with van der Waals surface area (Å²) in [7, 11) is 0. The van der Waals surface area contributed by atoms with Crippen LogP contribution in [0, 0.1) is 0 Å². The van der Waals surface area contributed by atoms with Crippen molar-refractivity contribution in [2.24, 2.45) is 0 Å². The third kappa shape index (κ3) is 4.40. The van der Waals surface area contributed by atoms with Crippen molar-refractivity contribution >= 4 is 29.4 Å². The SMILES string of the molecule is CC1CN(CC(=O)NCCC(=O)O)C(=O)C2=CC(c3ccc(Cl)cc3)NN21. The van der Waals surface area contributed by atoms with E-state index in [1.807, 2.05) is 30.1 Å². The molecule has 8 nitrogen and oxygen atoms in total. The fourth-order valence-electron chi connectivity index (χ4n) is 3.19. The van der Waals surface area contributed by atoms with Gasteiger partial charge in [0, 0.05) is 18.1 Å². The van der Waals surface area contributed by atoms with Crippen molar-refractivity contribution in [3.8, 4) is 0 Å². The molecule has 2 aliphatic heterocycles. The van der Waals surface area contributed by atoms with Crippen molar-refractivity contribution in [3.05, 3.63) is 46.6 Å². The van der Waals surface area contributed by atoms with Crippen molar-refractivity contribution in [1.29, 1.82) is 0 Å². The van der Waals surface area contributed by atoms with Crippen molar-refractivity contribution in [3.63, 3.8) is 0 Å². The van der Waals surface area contributed by atoms with Crippen LogP contribution in [0.4, 0.5) is 0 Å². The lowest BCUT2D eigenvalue weighted by molar-refractivity contribution is -0.139. The first-order valence-electron chi connectivity index (χ1n) is 8.65. The summed E-state index contributed by atoms with van der Waals surface area (Å²) in [6.07, 6.45) is 1.69. The first kappa shape index (κ1) is 19.2. The van der Waals surface area contributed by atoms with Gasteiger partial charge in [0.1, 0.15) is 5.70 Å². The largest absolute Gasteiger partial charge is 0.481 e. The number of nitrogens with zero attached hydrogens (tertiary/aromatic N) is 2. The number of amides is 2. The van der Waals surface area contributed by atoms with Gasteiger partial charge < -0.3 is 15.3 Å². The summed E-state index contributed by atoms with van der Waals surface area (Å²) in [6.45, 7) is 2.30. The van der Waals surface area contributed by atoms with Crippen LogP contribution in [-0.2, 0) is 14.4 Å². The van der Waals surface area contributed by atoms with Crippen LogP contribution in [0.5, 0.6) is 0 Å². The molecule has 27 heavy (non-hydrogen) atoms. The maximum Gasteiger partial charge on any atom is 0.305 e. The van der Waals surface area contributed by atoms with Crippen LogP contribution >= 0.6 is 11.6 Å². The molecule has 1 aromatic rings. The molecule has 2 atom stereocenters. The molecule has 1 fully saturated rings. The Labute approximate surface area is 161 Å². The Morgan fingerprint density at radius 1 is 1.33 bits per heavy atom. The molecular weight excluding hydrogens is 372 g/mol. The molecule has 144 valence electrons. The molecule has 0 bridgehead atoms. The van der Waals surface area contributed by atoms with Crippen LogP contribution < -0.4 is 10.7 Å².